The lowest BCUT2D eigenvalue weighted by atomic mass is 10.3. The minimum Gasteiger partial charge on any atom is -0.508 e. The van der Waals surface area contributed by atoms with Crippen molar-refractivity contribution in [1.29, 1.82) is 0 Å². The van der Waals surface area contributed by atoms with Crippen LogP contribution in [0, 0.1) is 0 Å². The van der Waals surface area contributed by atoms with Crippen LogP contribution in [0.15, 0.2) is 24.3 Å². The van der Waals surface area contributed by atoms with Gasteiger partial charge in [0.15, 0.2) is 0 Å². The highest BCUT2D eigenvalue weighted by atomic mass is 28.3. The van der Waals surface area contributed by atoms with Crippen molar-refractivity contribution < 1.29 is 14.7 Å². The van der Waals surface area contributed by atoms with Crippen LogP contribution in [0.4, 0.5) is 0 Å². The molecule has 10 heavy (non-hydrogen) atoms. The Morgan fingerprint density at radius 2 is 1.70 bits per heavy atom. The van der Waals surface area contributed by atoms with Gasteiger partial charge in [-0.05, 0) is 6.07 Å². The van der Waals surface area contributed by atoms with E-state index < -0.39 is 9.28 Å². The maximum Gasteiger partial charge on any atom is 0.421 e. The summed E-state index contributed by atoms with van der Waals surface area (Å²) in [4.78, 5) is 17.4. The number of rotatable bonds is 1. The molecule has 0 saturated heterocycles. The van der Waals surface area contributed by atoms with Crippen LogP contribution in [0.1, 0.15) is 0 Å². The van der Waals surface area contributed by atoms with Gasteiger partial charge in [-0.15, -0.1) is 0 Å². The van der Waals surface area contributed by atoms with E-state index in [2.05, 4.69) is 0 Å². The Morgan fingerprint density at radius 3 is 2.10 bits per heavy atom. The minimum atomic E-state index is -2.49. The van der Waals surface area contributed by atoms with E-state index in [4.69, 9.17) is 14.7 Å². The van der Waals surface area contributed by atoms with Crippen LogP contribution in [-0.2, 0) is 0 Å². The summed E-state index contributed by atoms with van der Waals surface area (Å²) >= 11 is 0. The van der Waals surface area contributed by atoms with Gasteiger partial charge in [-0.25, -0.2) is 0 Å². The van der Waals surface area contributed by atoms with Crippen LogP contribution in [0.3, 0.4) is 0 Å². The molecule has 0 atom stereocenters. The maximum atomic E-state index is 8.99. The fourth-order valence-electron chi connectivity index (χ4n) is 0.663. The van der Waals surface area contributed by atoms with Crippen LogP contribution in [0.2, 0.25) is 0 Å². The second kappa shape index (κ2) is 2.83. The molecular formula is C6H7O3Si. The Morgan fingerprint density at radius 1 is 1.10 bits per heavy atom. The zero-order valence-electron chi connectivity index (χ0n) is 5.15. The van der Waals surface area contributed by atoms with Crippen molar-refractivity contribution in [2.75, 3.05) is 0 Å². The fourth-order valence-corrected chi connectivity index (χ4v) is 1.22. The molecule has 0 aliphatic rings. The lowest BCUT2D eigenvalue weighted by Crippen LogP contribution is -2.29. The van der Waals surface area contributed by atoms with Gasteiger partial charge in [0.05, 0.1) is 0 Å². The van der Waals surface area contributed by atoms with E-state index in [0.717, 1.165) is 0 Å². The molecule has 1 rings (SSSR count). The van der Waals surface area contributed by atoms with Gasteiger partial charge in [0.1, 0.15) is 5.75 Å². The summed E-state index contributed by atoms with van der Waals surface area (Å²) in [5.74, 6) is -0.0543. The smallest absolute Gasteiger partial charge is 0.421 e. The molecule has 0 heterocycles. The third-order valence-electron chi connectivity index (χ3n) is 1.14. The number of aromatic hydroxyl groups is 1. The van der Waals surface area contributed by atoms with E-state index >= 15 is 0 Å². The van der Waals surface area contributed by atoms with E-state index in [-0.39, 0.29) is 10.9 Å². The minimum absolute atomic E-state index is 0.0543. The molecular weight excluding hydrogens is 148 g/mol. The van der Waals surface area contributed by atoms with Crippen LogP contribution < -0.4 is 5.19 Å². The number of hydrogen-bond acceptors (Lipinski definition) is 3. The zero-order chi connectivity index (χ0) is 7.56. The predicted molar refractivity (Wildman–Crippen MR) is 37.9 cm³/mol. The standard InChI is InChI=1S/C6H7O3Si/c7-5-3-1-2-4-6(5)10(8)9/h1-4,7-9H. The molecule has 1 aromatic rings. The number of phenolic OH excluding ortho intramolecular Hbond substituents is 1. The summed E-state index contributed by atoms with van der Waals surface area (Å²) < 4.78 is 0. The molecule has 0 saturated carbocycles. The fraction of sp³-hybridized carbons (Fsp3) is 0. The summed E-state index contributed by atoms with van der Waals surface area (Å²) in [5, 5.41) is 9.22. The second-order valence-corrected chi connectivity index (χ2v) is 3.03. The first kappa shape index (κ1) is 7.27. The number of phenols is 1. The number of hydrogen-bond donors (Lipinski definition) is 3. The number of para-hydroxylation sites is 1. The molecule has 3 nitrogen and oxygen atoms in total. The molecule has 0 aliphatic carbocycles. The molecule has 0 aliphatic heterocycles. The molecule has 0 bridgehead atoms. The highest BCUT2D eigenvalue weighted by Crippen LogP contribution is 2.02. The van der Waals surface area contributed by atoms with Crippen molar-refractivity contribution in [2.45, 2.75) is 0 Å². The van der Waals surface area contributed by atoms with E-state index in [1.165, 1.54) is 12.1 Å². The van der Waals surface area contributed by atoms with E-state index in [0.29, 0.717) is 0 Å². The molecule has 0 aromatic heterocycles. The lowest BCUT2D eigenvalue weighted by Gasteiger charge is -2.00. The predicted octanol–water partition coefficient (Wildman–Crippen LogP) is -0.928. The summed E-state index contributed by atoms with van der Waals surface area (Å²) in [6.07, 6.45) is 0. The molecule has 0 spiro atoms. The molecule has 1 radical (unpaired) electrons. The Hall–Kier alpha value is -0.843. The highest BCUT2D eigenvalue weighted by Gasteiger charge is 2.11. The summed E-state index contributed by atoms with van der Waals surface area (Å²) in [5.41, 5.74) is 0. The van der Waals surface area contributed by atoms with Gasteiger partial charge in [-0.3, -0.25) is 0 Å². The van der Waals surface area contributed by atoms with Crippen molar-refractivity contribution in [3.63, 3.8) is 0 Å². The van der Waals surface area contributed by atoms with Gasteiger partial charge >= 0.3 is 9.28 Å². The topological polar surface area (TPSA) is 60.7 Å². The Kier molecular flexibility index (Phi) is 2.05. The van der Waals surface area contributed by atoms with Gasteiger partial charge in [-0.1, -0.05) is 18.2 Å². The van der Waals surface area contributed by atoms with Gasteiger partial charge in [0, 0.05) is 5.19 Å². The zero-order valence-corrected chi connectivity index (χ0v) is 6.15. The monoisotopic (exact) mass is 155 g/mol. The van der Waals surface area contributed by atoms with Gasteiger partial charge in [0.2, 0.25) is 0 Å². The maximum absolute atomic E-state index is 8.99. The SMILES string of the molecule is Oc1ccccc1[Si](O)O. The summed E-state index contributed by atoms with van der Waals surface area (Å²) in [7, 11) is -2.49. The highest BCUT2D eigenvalue weighted by molar-refractivity contribution is 6.59. The van der Waals surface area contributed by atoms with E-state index in [1.807, 2.05) is 0 Å². The summed E-state index contributed by atoms with van der Waals surface area (Å²) in [6, 6.07) is 6.19. The third kappa shape index (κ3) is 1.35. The molecule has 53 valence electrons. The molecule has 0 fully saturated rings. The molecule has 4 heteroatoms. The van der Waals surface area contributed by atoms with Crippen molar-refractivity contribution in [3.05, 3.63) is 24.3 Å². The molecule has 0 unspecified atom stereocenters. The number of benzene rings is 1. The average Bonchev–Trinajstić information content (AvgIpc) is 1.88. The first-order valence-electron chi connectivity index (χ1n) is 2.75. The van der Waals surface area contributed by atoms with Gasteiger partial charge < -0.3 is 14.7 Å². The van der Waals surface area contributed by atoms with Crippen LogP contribution >= 0.6 is 0 Å². The summed E-state index contributed by atoms with van der Waals surface area (Å²) in [6.45, 7) is 0. The molecule has 1 aromatic carbocycles. The van der Waals surface area contributed by atoms with Crippen molar-refractivity contribution in [1.82, 2.24) is 0 Å². The van der Waals surface area contributed by atoms with Crippen molar-refractivity contribution in [3.8, 4) is 5.75 Å². The first-order chi connectivity index (χ1) is 4.72. The Labute approximate surface area is 60.0 Å². The molecule has 3 N–H and O–H groups in total. The van der Waals surface area contributed by atoms with Crippen LogP contribution in [0.25, 0.3) is 0 Å². The second-order valence-electron chi connectivity index (χ2n) is 1.84. The van der Waals surface area contributed by atoms with E-state index in [9.17, 15) is 0 Å². The van der Waals surface area contributed by atoms with E-state index in [1.54, 1.807) is 12.1 Å². The van der Waals surface area contributed by atoms with Crippen molar-refractivity contribution >= 4 is 14.5 Å². The van der Waals surface area contributed by atoms with Gasteiger partial charge in [-0.2, -0.15) is 0 Å². The van der Waals surface area contributed by atoms with Gasteiger partial charge in [0.25, 0.3) is 0 Å². The largest absolute Gasteiger partial charge is 0.508 e. The third-order valence-corrected chi connectivity index (χ3v) is 2.05. The first-order valence-corrected chi connectivity index (χ1v) is 4.14. The lowest BCUT2D eigenvalue weighted by molar-refractivity contribution is 0.419. The quantitative estimate of drug-likeness (QED) is 0.459. The normalized spacial score (nSPS) is 10.3. The van der Waals surface area contributed by atoms with Crippen LogP contribution in [-0.4, -0.2) is 24.0 Å². The Balaban J connectivity index is 3.03. The Bertz CT molecular complexity index is 224. The van der Waals surface area contributed by atoms with Crippen molar-refractivity contribution in [2.24, 2.45) is 0 Å². The van der Waals surface area contributed by atoms with Crippen LogP contribution in [0.5, 0.6) is 5.75 Å². The molecule has 0 amide bonds. The average molecular weight is 155 g/mol.